The lowest BCUT2D eigenvalue weighted by Crippen LogP contribution is -2.17. The fraction of sp³-hybridized carbons (Fsp3) is 0.200. The maximum Gasteiger partial charge on any atom is 0.166 e. The number of aromatic nitrogens is 2. The molecule has 0 atom stereocenters. The van der Waals surface area contributed by atoms with E-state index in [0.29, 0.717) is 17.5 Å². The van der Waals surface area contributed by atoms with E-state index in [9.17, 15) is 14.3 Å². The number of phenolic OH excluding ortho intramolecular Hbond substituents is 1. The van der Waals surface area contributed by atoms with Crippen LogP contribution in [0.2, 0.25) is 0 Å². The van der Waals surface area contributed by atoms with E-state index in [4.69, 9.17) is 0 Å². The number of aldehydes is 1. The van der Waals surface area contributed by atoms with Crippen LogP contribution in [0.5, 0.6) is 5.75 Å². The highest BCUT2D eigenvalue weighted by Crippen LogP contribution is 2.28. The standard InChI is InChI=1S/C20H18FN3O2/c21-18-11-14(10-15(13-25)20(18)26)19-6-9-24(22-19)17-5-3-4-16(12-17)23-7-1-2-8-23/h3-6,9-13,26H,1-2,7-8H2. The zero-order chi connectivity index (χ0) is 18.1. The molecule has 0 radical (unpaired) electrons. The fourth-order valence-corrected chi connectivity index (χ4v) is 3.29. The van der Waals surface area contributed by atoms with Gasteiger partial charge in [0.25, 0.3) is 0 Å². The normalized spacial score (nSPS) is 14.0. The van der Waals surface area contributed by atoms with Gasteiger partial charge in [-0.25, -0.2) is 9.07 Å². The predicted molar refractivity (Wildman–Crippen MR) is 97.5 cm³/mol. The molecule has 0 bridgehead atoms. The third-order valence-corrected chi connectivity index (χ3v) is 4.67. The van der Waals surface area contributed by atoms with Gasteiger partial charge in [-0.2, -0.15) is 5.10 Å². The Hall–Kier alpha value is -3.15. The van der Waals surface area contributed by atoms with Gasteiger partial charge in [-0.1, -0.05) is 6.07 Å². The van der Waals surface area contributed by atoms with Crippen molar-refractivity contribution in [1.82, 2.24) is 9.78 Å². The molecule has 0 saturated carbocycles. The maximum absolute atomic E-state index is 13.8. The highest BCUT2D eigenvalue weighted by atomic mass is 19.1. The summed E-state index contributed by atoms with van der Waals surface area (Å²) in [5, 5.41) is 14.0. The molecule has 0 spiro atoms. The molecule has 1 aliphatic heterocycles. The number of hydrogen-bond acceptors (Lipinski definition) is 4. The van der Waals surface area contributed by atoms with E-state index in [1.807, 2.05) is 12.1 Å². The smallest absolute Gasteiger partial charge is 0.166 e. The van der Waals surface area contributed by atoms with E-state index in [2.05, 4.69) is 22.1 Å². The number of halogens is 1. The van der Waals surface area contributed by atoms with Crippen molar-refractivity contribution in [2.24, 2.45) is 0 Å². The number of anilines is 1. The van der Waals surface area contributed by atoms with Gasteiger partial charge in [0, 0.05) is 30.5 Å². The van der Waals surface area contributed by atoms with Crippen LogP contribution >= 0.6 is 0 Å². The molecular weight excluding hydrogens is 333 g/mol. The van der Waals surface area contributed by atoms with Gasteiger partial charge in [0.2, 0.25) is 0 Å². The first-order valence-corrected chi connectivity index (χ1v) is 8.55. The van der Waals surface area contributed by atoms with Gasteiger partial charge in [0.1, 0.15) is 0 Å². The highest BCUT2D eigenvalue weighted by molar-refractivity contribution is 5.82. The summed E-state index contributed by atoms with van der Waals surface area (Å²) < 4.78 is 15.5. The van der Waals surface area contributed by atoms with E-state index < -0.39 is 11.6 Å². The third kappa shape index (κ3) is 2.94. The van der Waals surface area contributed by atoms with Gasteiger partial charge in [-0.15, -0.1) is 0 Å². The lowest BCUT2D eigenvalue weighted by molar-refractivity contribution is 0.112. The second-order valence-corrected chi connectivity index (χ2v) is 6.37. The van der Waals surface area contributed by atoms with Crippen molar-refractivity contribution in [3.63, 3.8) is 0 Å². The van der Waals surface area contributed by atoms with Gasteiger partial charge < -0.3 is 10.0 Å². The van der Waals surface area contributed by atoms with Gasteiger partial charge in [-0.05, 0) is 49.2 Å². The molecule has 3 aromatic rings. The van der Waals surface area contributed by atoms with Gasteiger partial charge in [0.15, 0.2) is 17.9 Å². The average Bonchev–Trinajstić information content (AvgIpc) is 3.36. The van der Waals surface area contributed by atoms with Crippen molar-refractivity contribution in [3.05, 3.63) is 60.0 Å². The summed E-state index contributed by atoms with van der Waals surface area (Å²) in [6.45, 7) is 2.13. The molecule has 1 aliphatic rings. The summed E-state index contributed by atoms with van der Waals surface area (Å²) in [4.78, 5) is 13.3. The molecule has 6 heteroatoms. The van der Waals surface area contributed by atoms with E-state index in [0.717, 1.165) is 24.5 Å². The van der Waals surface area contributed by atoms with Crippen LogP contribution in [0.4, 0.5) is 10.1 Å². The number of nitrogens with zero attached hydrogens (tertiary/aromatic N) is 3. The Labute approximate surface area is 150 Å². The summed E-state index contributed by atoms with van der Waals surface area (Å²) in [7, 11) is 0. The quantitative estimate of drug-likeness (QED) is 0.727. The number of carbonyl (C=O) groups excluding carboxylic acids is 1. The highest BCUT2D eigenvalue weighted by Gasteiger charge is 2.14. The molecule has 0 amide bonds. The second kappa shape index (κ2) is 6.63. The molecule has 2 aromatic carbocycles. The SMILES string of the molecule is O=Cc1cc(-c2ccn(-c3cccc(N4CCCC4)c3)n2)cc(F)c1O. The second-order valence-electron chi connectivity index (χ2n) is 6.37. The molecule has 26 heavy (non-hydrogen) atoms. The summed E-state index contributed by atoms with van der Waals surface area (Å²) in [5.74, 6) is -1.48. The largest absolute Gasteiger partial charge is 0.504 e. The Morgan fingerprint density at radius 3 is 2.62 bits per heavy atom. The zero-order valence-electron chi connectivity index (χ0n) is 14.1. The first kappa shape index (κ1) is 16.3. The Kier molecular flexibility index (Phi) is 4.16. The summed E-state index contributed by atoms with van der Waals surface area (Å²) in [6.07, 6.45) is 4.64. The van der Waals surface area contributed by atoms with E-state index in [-0.39, 0.29) is 5.56 Å². The molecule has 0 unspecified atom stereocenters. The van der Waals surface area contributed by atoms with E-state index in [1.54, 1.807) is 16.9 Å². The summed E-state index contributed by atoms with van der Waals surface area (Å²) in [6, 6.07) is 12.5. The number of carbonyl (C=O) groups is 1. The van der Waals surface area contributed by atoms with Crippen LogP contribution in [0, 0.1) is 5.82 Å². The lowest BCUT2D eigenvalue weighted by atomic mass is 10.1. The number of hydrogen-bond donors (Lipinski definition) is 1. The Balaban J connectivity index is 1.67. The number of aromatic hydroxyl groups is 1. The van der Waals surface area contributed by atoms with Crippen LogP contribution in [-0.4, -0.2) is 34.3 Å². The van der Waals surface area contributed by atoms with Crippen LogP contribution in [0.3, 0.4) is 0 Å². The van der Waals surface area contributed by atoms with Crippen LogP contribution in [0.15, 0.2) is 48.7 Å². The van der Waals surface area contributed by atoms with Crippen molar-refractivity contribution >= 4 is 12.0 Å². The predicted octanol–water partition coefficient (Wildman–Crippen LogP) is 3.80. The first-order chi connectivity index (χ1) is 12.7. The maximum atomic E-state index is 13.8. The van der Waals surface area contributed by atoms with Crippen molar-refractivity contribution in [1.29, 1.82) is 0 Å². The Morgan fingerprint density at radius 1 is 1.08 bits per heavy atom. The third-order valence-electron chi connectivity index (χ3n) is 4.67. The molecular formula is C20H18FN3O2. The topological polar surface area (TPSA) is 58.4 Å². The lowest BCUT2D eigenvalue weighted by Gasteiger charge is -2.18. The minimum Gasteiger partial charge on any atom is -0.504 e. The van der Waals surface area contributed by atoms with E-state index in [1.165, 1.54) is 25.0 Å². The molecule has 1 fully saturated rings. The van der Waals surface area contributed by atoms with Crippen LogP contribution in [0.25, 0.3) is 16.9 Å². The molecule has 4 rings (SSSR count). The van der Waals surface area contributed by atoms with Crippen molar-refractivity contribution in [2.75, 3.05) is 18.0 Å². The van der Waals surface area contributed by atoms with Gasteiger partial charge in [0.05, 0.1) is 16.9 Å². The minimum atomic E-state index is -0.838. The number of phenols is 1. The van der Waals surface area contributed by atoms with E-state index >= 15 is 0 Å². The molecule has 1 N–H and O–H groups in total. The molecule has 2 heterocycles. The molecule has 132 valence electrons. The average molecular weight is 351 g/mol. The molecule has 5 nitrogen and oxygen atoms in total. The Morgan fingerprint density at radius 2 is 1.85 bits per heavy atom. The van der Waals surface area contributed by atoms with Crippen molar-refractivity contribution in [2.45, 2.75) is 12.8 Å². The molecule has 1 saturated heterocycles. The molecule has 0 aliphatic carbocycles. The fourth-order valence-electron chi connectivity index (χ4n) is 3.29. The summed E-state index contributed by atoms with van der Waals surface area (Å²) >= 11 is 0. The number of benzene rings is 2. The first-order valence-electron chi connectivity index (χ1n) is 8.55. The van der Waals surface area contributed by atoms with Crippen molar-refractivity contribution < 1.29 is 14.3 Å². The number of rotatable bonds is 4. The Bertz CT molecular complexity index is 961. The van der Waals surface area contributed by atoms with Gasteiger partial charge in [-0.3, -0.25) is 4.79 Å². The monoisotopic (exact) mass is 351 g/mol. The van der Waals surface area contributed by atoms with Crippen molar-refractivity contribution in [3.8, 4) is 22.7 Å². The molecule has 1 aromatic heterocycles. The van der Waals surface area contributed by atoms with Crippen LogP contribution in [0.1, 0.15) is 23.2 Å². The van der Waals surface area contributed by atoms with Crippen LogP contribution in [-0.2, 0) is 0 Å². The summed E-state index contributed by atoms with van der Waals surface area (Å²) in [5.41, 5.74) is 2.95. The van der Waals surface area contributed by atoms with Gasteiger partial charge >= 0.3 is 0 Å². The van der Waals surface area contributed by atoms with Crippen LogP contribution < -0.4 is 4.90 Å². The minimum absolute atomic E-state index is 0.0921. The zero-order valence-corrected chi connectivity index (χ0v) is 14.1.